The van der Waals surface area contributed by atoms with Crippen LogP contribution in [0.4, 0.5) is 4.79 Å². The molecule has 0 saturated carbocycles. The molecule has 29 heavy (non-hydrogen) atoms. The van der Waals surface area contributed by atoms with Crippen LogP contribution in [-0.4, -0.2) is 40.7 Å². The van der Waals surface area contributed by atoms with Gasteiger partial charge in [0.25, 0.3) is 0 Å². The molecule has 1 saturated heterocycles. The van der Waals surface area contributed by atoms with Crippen LogP contribution in [0.2, 0.25) is 5.02 Å². The maximum atomic E-state index is 11.8. The lowest BCUT2D eigenvalue weighted by Gasteiger charge is -2.31. The normalized spacial score (nSPS) is 15.1. The van der Waals surface area contributed by atoms with Crippen molar-refractivity contribution < 1.29 is 9.53 Å². The average molecular weight is 412 g/mol. The first-order valence-corrected chi connectivity index (χ1v) is 10.4. The van der Waals surface area contributed by atoms with Crippen molar-refractivity contribution in [2.24, 2.45) is 5.92 Å². The zero-order valence-electron chi connectivity index (χ0n) is 16.9. The molecule has 0 spiro atoms. The van der Waals surface area contributed by atoms with Gasteiger partial charge in [0, 0.05) is 31.1 Å². The van der Waals surface area contributed by atoms with Crippen molar-refractivity contribution in [1.29, 1.82) is 0 Å². The van der Waals surface area contributed by atoms with Gasteiger partial charge in [-0.05, 0) is 61.1 Å². The quantitative estimate of drug-likeness (QED) is 0.602. The Morgan fingerprint density at radius 1 is 1.17 bits per heavy atom. The first-order chi connectivity index (χ1) is 14.0. The summed E-state index contributed by atoms with van der Waals surface area (Å²) in [5, 5.41) is 0.746. The Labute approximate surface area is 176 Å². The van der Waals surface area contributed by atoms with E-state index >= 15 is 0 Å². The standard InChI is InChI=1S/C23H26ClN3O2/c1-16-3-8-21-20(13-16)25-22(14-17-4-6-19(24)7-5-17)27(21)15-18-9-11-26(12-10-18)23(28)29-2/h3-8,13,18H,9-12,14-15H2,1-2H3. The number of fused-ring (bicyclic) bond motifs is 1. The molecule has 4 rings (SSSR count). The van der Waals surface area contributed by atoms with Crippen LogP contribution in [0, 0.1) is 12.8 Å². The Bertz CT molecular complexity index is 1000. The van der Waals surface area contributed by atoms with E-state index in [1.807, 2.05) is 12.1 Å². The number of halogens is 1. The zero-order valence-corrected chi connectivity index (χ0v) is 17.7. The van der Waals surface area contributed by atoms with E-state index in [1.165, 1.54) is 23.8 Å². The number of rotatable bonds is 4. The SMILES string of the molecule is COC(=O)N1CCC(Cn2c(Cc3ccc(Cl)cc3)nc3cc(C)ccc32)CC1. The molecule has 0 radical (unpaired) electrons. The molecular weight excluding hydrogens is 386 g/mol. The fraction of sp³-hybridized carbons (Fsp3) is 0.391. The van der Waals surface area contributed by atoms with Gasteiger partial charge in [-0.15, -0.1) is 0 Å². The molecule has 0 N–H and O–H groups in total. The summed E-state index contributed by atoms with van der Waals surface area (Å²) >= 11 is 6.04. The summed E-state index contributed by atoms with van der Waals surface area (Å²) in [6, 6.07) is 14.4. The maximum Gasteiger partial charge on any atom is 0.409 e. The van der Waals surface area contributed by atoms with Gasteiger partial charge in [-0.25, -0.2) is 9.78 Å². The first kappa shape index (κ1) is 19.8. The number of methoxy groups -OCH3 is 1. The smallest absolute Gasteiger partial charge is 0.409 e. The molecular formula is C23H26ClN3O2. The molecule has 6 heteroatoms. The predicted octanol–water partition coefficient (Wildman–Crippen LogP) is 5.07. The van der Waals surface area contributed by atoms with Crippen molar-refractivity contribution in [3.8, 4) is 0 Å². The monoisotopic (exact) mass is 411 g/mol. The number of nitrogens with zero attached hydrogens (tertiary/aromatic N) is 3. The summed E-state index contributed by atoms with van der Waals surface area (Å²) in [7, 11) is 1.44. The van der Waals surface area contributed by atoms with E-state index in [0.717, 1.165) is 55.3 Å². The van der Waals surface area contributed by atoms with E-state index in [4.69, 9.17) is 21.3 Å². The minimum atomic E-state index is -0.226. The summed E-state index contributed by atoms with van der Waals surface area (Å²) in [5.74, 6) is 1.59. The third kappa shape index (κ3) is 4.40. The minimum absolute atomic E-state index is 0.226. The Kier molecular flexibility index (Phi) is 5.76. The molecule has 1 aromatic heterocycles. The number of amides is 1. The van der Waals surface area contributed by atoms with E-state index in [0.29, 0.717) is 5.92 Å². The van der Waals surface area contributed by atoms with E-state index < -0.39 is 0 Å². The number of aryl methyl sites for hydroxylation is 1. The van der Waals surface area contributed by atoms with Gasteiger partial charge in [0.2, 0.25) is 0 Å². The molecule has 2 aromatic carbocycles. The second-order valence-corrected chi connectivity index (χ2v) is 8.27. The molecule has 5 nitrogen and oxygen atoms in total. The van der Waals surface area contributed by atoms with Gasteiger partial charge in [0.15, 0.2) is 0 Å². The fourth-order valence-electron chi connectivity index (χ4n) is 4.10. The van der Waals surface area contributed by atoms with Crippen LogP contribution in [0.1, 0.15) is 29.8 Å². The van der Waals surface area contributed by atoms with Crippen molar-refractivity contribution in [2.75, 3.05) is 20.2 Å². The number of piperidine rings is 1. The molecule has 152 valence electrons. The second kappa shape index (κ2) is 8.46. The van der Waals surface area contributed by atoms with Crippen molar-refractivity contribution >= 4 is 28.7 Å². The van der Waals surface area contributed by atoms with Crippen LogP contribution >= 0.6 is 11.6 Å². The molecule has 2 heterocycles. The Hall–Kier alpha value is -2.53. The molecule has 1 fully saturated rings. The highest BCUT2D eigenvalue weighted by Crippen LogP contribution is 2.26. The van der Waals surface area contributed by atoms with Crippen LogP contribution < -0.4 is 0 Å². The van der Waals surface area contributed by atoms with Crippen molar-refractivity contribution in [3.05, 3.63) is 64.4 Å². The van der Waals surface area contributed by atoms with Gasteiger partial charge < -0.3 is 14.2 Å². The molecule has 3 aromatic rings. The van der Waals surface area contributed by atoms with Gasteiger partial charge in [-0.1, -0.05) is 29.8 Å². The van der Waals surface area contributed by atoms with Crippen LogP contribution in [0.5, 0.6) is 0 Å². The minimum Gasteiger partial charge on any atom is -0.453 e. The lowest BCUT2D eigenvalue weighted by molar-refractivity contribution is 0.104. The summed E-state index contributed by atoms with van der Waals surface area (Å²) in [6.45, 7) is 4.50. The Morgan fingerprint density at radius 3 is 2.59 bits per heavy atom. The summed E-state index contributed by atoms with van der Waals surface area (Å²) in [4.78, 5) is 18.5. The molecule has 1 aliphatic heterocycles. The maximum absolute atomic E-state index is 11.8. The Balaban J connectivity index is 1.58. The number of carbonyl (C=O) groups excluding carboxylic acids is 1. The zero-order chi connectivity index (χ0) is 20.4. The number of aromatic nitrogens is 2. The van der Waals surface area contributed by atoms with Crippen molar-refractivity contribution in [2.45, 2.75) is 32.7 Å². The molecule has 0 bridgehead atoms. The van der Waals surface area contributed by atoms with Gasteiger partial charge in [0.05, 0.1) is 18.1 Å². The number of carbonyl (C=O) groups is 1. The number of hydrogen-bond acceptors (Lipinski definition) is 3. The van der Waals surface area contributed by atoms with E-state index in [2.05, 4.69) is 41.8 Å². The van der Waals surface area contributed by atoms with Gasteiger partial charge in [0.1, 0.15) is 5.82 Å². The molecule has 0 unspecified atom stereocenters. The van der Waals surface area contributed by atoms with Crippen molar-refractivity contribution in [1.82, 2.24) is 14.5 Å². The molecule has 1 aliphatic rings. The number of likely N-dealkylation sites (tertiary alicyclic amines) is 1. The largest absolute Gasteiger partial charge is 0.453 e. The molecule has 0 aliphatic carbocycles. The van der Waals surface area contributed by atoms with E-state index in [1.54, 1.807) is 4.90 Å². The van der Waals surface area contributed by atoms with E-state index in [-0.39, 0.29) is 6.09 Å². The first-order valence-electron chi connectivity index (χ1n) is 10.1. The topological polar surface area (TPSA) is 47.4 Å². The number of ether oxygens (including phenoxy) is 1. The van der Waals surface area contributed by atoms with Gasteiger partial charge in [-0.2, -0.15) is 0 Å². The van der Waals surface area contributed by atoms with Crippen LogP contribution in [0.15, 0.2) is 42.5 Å². The van der Waals surface area contributed by atoms with Gasteiger partial charge in [-0.3, -0.25) is 0 Å². The second-order valence-electron chi connectivity index (χ2n) is 7.83. The predicted molar refractivity (Wildman–Crippen MR) is 115 cm³/mol. The number of imidazole rings is 1. The molecule has 0 atom stereocenters. The van der Waals surface area contributed by atoms with Gasteiger partial charge >= 0.3 is 6.09 Å². The summed E-state index contributed by atoms with van der Waals surface area (Å²) in [5.41, 5.74) is 4.63. The third-order valence-corrected chi connectivity index (χ3v) is 6.00. The lowest BCUT2D eigenvalue weighted by Crippen LogP contribution is -2.39. The molecule has 1 amide bonds. The highest BCUT2D eigenvalue weighted by Gasteiger charge is 2.24. The van der Waals surface area contributed by atoms with Crippen LogP contribution in [-0.2, 0) is 17.7 Å². The highest BCUT2D eigenvalue weighted by atomic mass is 35.5. The highest BCUT2D eigenvalue weighted by molar-refractivity contribution is 6.30. The van der Waals surface area contributed by atoms with E-state index in [9.17, 15) is 4.79 Å². The number of hydrogen-bond donors (Lipinski definition) is 0. The number of benzene rings is 2. The fourth-order valence-corrected chi connectivity index (χ4v) is 4.22. The van der Waals surface area contributed by atoms with Crippen LogP contribution in [0.25, 0.3) is 11.0 Å². The average Bonchev–Trinajstić information content (AvgIpc) is 3.05. The third-order valence-electron chi connectivity index (χ3n) is 5.75. The lowest BCUT2D eigenvalue weighted by atomic mass is 9.96. The summed E-state index contributed by atoms with van der Waals surface area (Å²) < 4.78 is 7.22. The van der Waals surface area contributed by atoms with Crippen LogP contribution in [0.3, 0.4) is 0 Å². The Morgan fingerprint density at radius 2 is 1.90 bits per heavy atom. The van der Waals surface area contributed by atoms with Crippen molar-refractivity contribution in [3.63, 3.8) is 0 Å². The summed E-state index contributed by atoms with van der Waals surface area (Å²) in [6.07, 6.45) is 2.49.